The van der Waals surface area contributed by atoms with Gasteiger partial charge in [0.1, 0.15) is 0 Å². The molecule has 0 fully saturated rings. The second-order valence-corrected chi connectivity index (χ2v) is 7.89. The van der Waals surface area contributed by atoms with Crippen molar-refractivity contribution in [2.45, 2.75) is 12.8 Å². The normalized spacial score (nSPS) is 12.5. The van der Waals surface area contributed by atoms with Gasteiger partial charge in [-0.15, -0.1) is 0 Å². The Kier molecular flexibility index (Phi) is 3.28. The molecule has 0 amide bonds. The minimum Gasteiger partial charge on any atom is -0.344 e. The van der Waals surface area contributed by atoms with Gasteiger partial charge in [0.2, 0.25) is 0 Å². The number of hydrogen-bond donors (Lipinski definition) is 0. The molecule has 28 heavy (non-hydrogen) atoms. The van der Waals surface area contributed by atoms with E-state index in [-0.39, 0.29) is 0 Å². The summed E-state index contributed by atoms with van der Waals surface area (Å²) in [5.74, 6) is 0. The summed E-state index contributed by atoms with van der Waals surface area (Å²) >= 11 is 0. The molecule has 1 aromatic heterocycles. The first kappa shape index (κ1) is 15.7. The van der Waals surface area contributed by atoms with E-state index in [0.717, 1.165) is 12.8 Å². The summed E-state index contributed by atoms with van der Waals surface area (Å²) in [6.07, 6.45) is 2.02. The summed E-state index contributed by atoms with van der Waals surface area (Å²) in [6, 6.07) is 31.3. The van der Waals surface area contributed by atoms with Gasteiger partial charge in [0.05, 0.1) is 0 Å². The van der Waals surface area contributed by atoms with Crippen LogP contribution in [0, 0.1) is 0 Å². The molecule has 0 saturated heterocycles. The number of para-hydroxylation sites is 1. The van der Waals surface area contributed by atoms with Crippen molar-refractivity contribution in [3.8, 4) is 11.1 Å². The number of nitrogens with zero attached hydrogens (tertiary/aromatic N) is 1. The van der Waals surface area contributed by atoms with Gasteiger partial charge < -0.3 is 4.57 Å². The second-order valence-electron chi connectivity index (χ2n) is 7.89. The Bertz CT molecular complexity index is 1370. The van der Waals surface area contributed by atoms with Crippen LogP contribution in [0.15, 0.2) is 84.9 Å². The third-order valence-corrected chi connectivity index (χ3v) is 6.28. The van der Waals surface area contributed by atoms with Gasteiger partial charge in [0.25, 0.3) is 0 Å². The number of fused-ring (bicyclic) bond motifs is 6. The fraction of sp³-hybridized carbons (Fsp3) is 0.111. The van der Waals surface area contributed by atoms with Gasteiger partial charge in [0, 0.05) is 28.9 Å². The zero-order chi connectivity index (χ0) is 18.7. The number of aryl methyl sites for hydroxylation is 1. The Morgan fingerprint density at radius 1 is 0.714 bits per heavy atom. The highest BCUT2D eigenvalue weighted by molar-refractivity contribution is 6.08. The van der Waals surface area contributed by atoms with E-state index in [2.05, 4.69) is 96.5 Å². The molecular weight excluding hydrogens is 338 g/mol. The molecule has 1 nitrogen and oxygen atoms in total. The minimum absolute atomic E-state index is 0.967. The Balaban J connectivity index is 1.48. The van der Waals surface area contributed by atoms with Gasteiger partial charge in [-0.05, 0) is 58.4 Å². The molecule has 1 aliphatic carbocycles. The fourth-order valence-corrected chi connectivity index (χ4v) is 4.95. The van der Waals surface area contributed by atoms with E-state index in [9.17, 15) is 0 Å². The highest BCUT2D eigenvalue weighted by Crippen LogP contribution is 2.39. The number of benzene rings is 4. The standard InChI is InChI=1S/C27H21N/c1-28-25-12-5-4-11-23(25)24-14-13-18(16-26(24)28)15-20-8-6-9-21-17-19-7-2-3-10-22(19)27(20)21/h2-14,16H,15,17H2,1H3. The molecule has 0 saturated carbocycles. The van der Waals surface area contributed by atoms with Crippen LogP contribution in [0.1, 0.15) is 22.3 Å². The molecule has 0 radical (unpaired) electrons. The van der Waals surface area contributed by atoms with Gasteiger partial charge in [-0.2, -0.15) is 0 Å². The Morgan fingerprint density at radius 2 is 1.50 bits per heavy atom. The van der Waals surface area contributed by atoms with Crippen LogP contribution in [0.5, 0.6) is 0 Å². The zero-order valence-electron chi connectivity index (χ0n) is 15.9. The van der Waals surface area contributed by atoms with E-state index in [1.165, 1.54) is 55.2 Å². The first-order valence-electron chi connectivity index (χ1n) is 9.95. The van der Waals surface area contributed by atoms with Crippen LogP contribution in [0.2, 0.25) is 0 Å². The van der Waals surface area contributed by atoms with Crippen molar-refractivity contribution in [1.82, 2.24) is 4.57 Å². The van der Waals surface area contributed by atoms with Crippen LogP contribution in [0.3, 0.4) is 0 Å². The molecule has 0 unspecified atom stereocenters. The lowest BCUT2D eigenvalue weighted by Gasteiger charge is -2.10. The van der Waals surface area contributed by atoms with Gasteiger partial charge in [0.15, 0.2) is 0 Å². The molecule has 0 spiro atoms. The lowest BCUT2D eigenvalue weighted by atomic mass is 9.94. The van der Waals surface area contributed by atoms with Crippen LogP contribution >= 0.6 is 0 Å². The van der Waals surface area contributed by atoms with Crippen LogP contribution in [0.25, 0.3) is 32.9 Å². The van der Waals surface area contributed by atoms with Crippen molar-refractivity contribution in [3.05, 3.63) is 107 Å². The molecule has 134 valence electrons. The third-order valence-electron chi connectivity index (χ3n) is 6.28. The fourth-order valence-electron chi connectivity index (χ4n) is 4.95. The third kappa shape index (κ3) is 2.20. The van der Waals surface area contributed by atoms with E-state index in [4.69, 9.17) is 0 Å². The molecule has 5 aromatic rings. The molecule has 1 heteroatoms. The molecule has 6 rings (SSSR count). The molecule has 0 N–H and O–H groups in total. The largest absolute Gasteiger partial charge is 0.344 e. The smallest absolute Gasteiger partial charge is 0.0491 e. The van der Waals surface area contributed by atoms with E-state index >= 15 is 0 Å². The van der Waals surface area contributed by atoms with Crippen molar-refractivity contribution < 1.29 is 0 Å². The van der Waals surface area contributed by atoms with Gasteiger partial charge in [-0.25, -0.2) is 0 Å². The SMILES string of the molecule is Cn1c2ccccc2c2ccc(Cc3cccc4c3-c3ccccc3C4)cc21. The molecule has 0 aliphatic heterocycles. The lowest BCUT2D eigenvalue weighted by Crippen LogP contribution is -1.94. The molecule has 4 aromatic carbocycles. The molecule has 0 atom stereocenters. The Labute approximate surface area is 164 Å². The van der Waals surface area contributed by atoms with Crippen LogP contribution in [-0.4, -0.2) is 4.57 Å². The highest BCUT2D eigenvalue weighted by Gasteiger charge is 2.20. The van der Waals surface area contributed by atoms with E-state index in [1.54, 1.807) is 0 Å². The number of aromatic nitrogens is 1. The summed E-state index contributed by atoms with van der Waals surface area (Å²) in [6.45, 7) is 0. The number of rotatable bonds is 2. The number of hydrogen-bond acceptors (Lipinski definition) is 0. The van der Waals surface area contributed by atoms with Gasteiger partial charge >= 0.3 is 0 Å². The second kappa shape index (κ2) is 5.84. The molecule has 1 aliphatic rings. The lowest BCUT2D eigenvalue weighted by molar-refractivity contribution is 1.01. The predicted octanol–water partition coefficient (Wildman–Crippen LogP) is 6.49. The van der Waals surface area contributed by atoms with E-state index in [0.29, 0.717) is 0 Å². The maximum Gasteiger partial charge on any atom is 0.0491 e. The van der Waals surface area contributed by atoms with Crippen molar-refractivity contribution >= 4 is 21.8 Å². The summed E-state index contributed by atoms with van der Waals surface area (Å²) in [4.78, 5) is 0. The van der Waals surface area contributed by atoms with Gasteiger partial charge in [-0.1, -0.05) is 72.8 Å². The summed E-state index contributed by atoms with van der Waals surface area (Å²) in [7, 11) is 2.17. The molecular formula is C27H21N. The first-order chi connectivity index (χ1) is 13.8. The summed E-state index contributed by atoms with van der Waals surface area (Å²) < 4.78 is 2.32. The molecule has 1 heterocycles. The monoisotopic (exact) mass is 359 g/mol. The average Bonchev–Trinajstić information content (AvgIpc) is 3.25. The van der Waals surface area contributed by atoms with Crippen molar-refractivity contribution in [2.24, 2.45) is 7.05 Å². The molecule has 0 bridgehead atoms. The highest BCUT2D eigenvalue weighted by atomic mass is 14.9. The Morgan fingerprint density at radius 3 is 2.46 bits per heavy atom. The first-order valence-corrected chi connectivity index (χ1v) is 9.95. The van der Waals surface area contributed by atoms with Crippen molar-refractivity contribution in [3.63, 3.8) is 0 Å². The van der Waals surface area contributed by atoms with Crippen LogP contribution in [-0.2, 0) is 19.9 Å². The van der Waals surface area contributed by atoms with Crippen molar-refractivity contribution in [2.75, 3.05) is 0 Å². The predicted molar refractivity (Wildman–Crippen MR) is 118 cm³/mol. The maximum atomic E-state index is 2.37. The van der Waals surface area contributed by atoms with Crippen LogP contribution in [0.4, 0.5) is 0 Å². The topological polar surface area (TPSA) is 4.93 Å². The minimum atomic E-state index is 0.967. The van der Waals surface area contributed by atoms with Gasteiger partial charge in [-0.3, -0.25) is 0 Å². The van der Waals surface area contributed by atoms with Crippen LogP contribution < -0.4 is 0 Å². The average molecular weight is 359 g/mol. The Hall–Kier alpha value is -3.32. The van der Waals surface area contributed by atoms with Crippen molar-refractivity contribution in [1.29, 1.82) is 0 Å². The summed E-state index contributed by atoms with van der Waals surface area (Å²) in [5.41, 5.74) is 11.2. The quantitative estimate of drug-likeness (QED) is 0.333. The summed E-state index contributed by atoms with van der Waals surface area (Å²) in [5, 5.41) is 2.67. The van der Waals surface area contributed by atoms with E-state index < -0.39 is 0 Å². The zero-order valence-corrected chi connectivity index (χ0v) is 15.9. The van der Waals surface area contributed by atoms with E-state index in [1.807, 2.05) is 0 Å². The maximum absolute atomic E-state index is 2.37.